The van der Waals surface area contributed by atoms with Crippen molar-refractivity contribution in [1.82, 2.24) is 9.97 Å². The zero-order valence-corrected chi connectivity index (χ0v) is 14.4. The SMILES string of the molecule is CC1(c2nc(Cl)cc(N3CCC(OC4CCOC4)CC3)n2)CC1. The lowest BCUT2D eigenvalue weighted by Crippen LogP contribution is -2.39. The van der Waals surface area contributed by atoms with Gasteiger partial charge in [-0.2, -0.15) is 0 Å². The van der Waals surface area contributed by atoms with Crippen molar-refractivity contribution >= 4 is 17.4 Å². The fourth-order valence-corrected chi connectivity index (χ4v) is 3.54. The summed E-state index contributed by atoms with van der Waals surface area (Å²) in [5, 5.41) is 0.555. The lowest BCUT2D eigenvalue weighted by atomic mass is 10.1. The predicted molar refractivity (Wildman–Crippen MR) is 89.2 cm³/mol. The normalized spacial score (nSPS) is 27.4. The highest BCUT2D eigenvalue weighted by atomic mass is 35.5. The van der Waals surface area contributed by atoms with Crippen LogP contribution in [0.4, 0.5) is 5.82 Å². The molecule has 1 saturated carbocycles. The smallest absolute Gasteiger partial charge is 0.138 e. The zero-order valence-electron chi connectivity index (χ0n) is 13.6. The first-order valence-corrected chi connectivity index (χ1v) is 9.03. The highest BCUT2D eigenvalue weighted by Crippen LogP contribution is 2.46. The monoisotopic (exact) mass is 337 g/mol. The Labute approximate surface area is 142 Å². The summed E-state index contributed by atoms with van der Waals surface area (Å²) in [4.78, 5) is 11.5. The second-order valence-electron chi connectivity index (χ2n) is 7.24. The number of piperidine rings is 1. The fourth-order valence-electron chi connectivity index (χ4n) is 3.36. The van der Waals surface area contributed by atoms with Crippen molar-refractivity contribution in [2.45, 2.75) is 56.7 Å². The molecule has 0 spiro atoms. The van der Waals surface area contributed by atoms with Crippen LogP contribution in [0, 0.1) is 0 Å². The summed E-state index contributed by atoms with van der Waals surface area (Å²) in [5.41, 5.74) is 0.142. The van der Waals surface area contributed by atoms with Crippen LogP contribution >= 0.6 is 11.6 Å². The highest BCUT2D eigenvalue weighted by Gasteiger charge is 2.42. The number of rotatable bonds is 4. The summed E-state index contributed by atoms with van der Waals surface area (Å²) >= 11 is 6.23. The maximum atomic E-state index is 6.23. The van der Waals surface area contributed by atoms with Crippen LogP contribution in [-0.4, -0.2) is 48.5 Å². The van der Waals surface area contributed by atoms with E-state index in [0.29, 0.717) is 17.4 Å². The minimum absolute atomic E-state index is 0.142. The van der Waals surface area contributed by atoms with Gasteiger partial charge in [-0.3, -0.25) is 0 Å². The molecule has 0 bridgehead atoms. The molecule has 0 radical (unpaired) electrons. The van der Waals surface area contributed by atoms with Gasteiger partial charge in [-0.1, -0.05) is 18.5 Å². The van der Waals surface area contributed by atoms with Gasteiger partial charge in [0, 0.05) is 31.2 Å². The minimum atomic E-state index is 0.142. The summed E-state index contributed by atoms with van der Waals surface area (Å²) in [6.07, 6.45) is 6.05. The molecule has 1 aromatic rings. The quantitative estimate of drug-likeness (QED) is 0.790. The van der Waals surface area contributed by atoms with Gasteiger partial charge in [0.05, 0.1) is 18.8 Å². The van der Waals surface area contributed by atoms with Crippen LogP contribution in [0.5, 0.6) is 0 Å². The number of hydrogen-bond acceptors (Lipinski definition) is 5. The molecule has 1 aliphatic carbocycles. The molecule has 126 valence electrons. The largest absolute Gasteiger partial charge is 0.379 e. The van der Waals surface area contributed by atoms with Crippen LogP contribution in [0.25, 0.3) is 0 Å². The third-order valence-corrected chi connectivity index (χ3v) is 5.45. The van der Waals surface area contributed by atoms with E-state index in [-0.39, 0.29) is 5.41 Å². The van der Waals surface area contributed by atoms with E-state index in [0.717, 1.165) is 70.0 Å². The standard InChI is InChI=1S/C17H24ClN3O2/c1-17(5-6-17)16-19-14(18)10-15(20-16)21-7-2-12(3-8-21)23-13-4-9-22-11-13/h10,12-13H,2-9,11H2,1H3. The minimum Gasteiger partial charge on any atom is -0.379 e. The van der Waals surface area contributed by atoms with Gasteiger partial charge < -0.3 is 14.4 Å². The van der Waals surface area contributed by atoms with E-state index < -0.39 is 0 Å². The van der Waals surface area contributed by atoms with Gasteiger partial charge in [-0.05, 0) is 32.1 Å². The molecule has 3 fully saturated rings. The Morgan fingerprint density at radius 3 is 2.65 bits per heavy atom. The van der Waals surface area contributed by atoms with Gasteiger partial charge in [0.25, 0.3) is 0 Å². The van der Waals surface area contributed by atoms with E-state index >= 15 is 0 Å². The Hall–Kier alpha value is -0.910. The molecular weight excluding hydrogens is 314 g/mol. The zero-order chi connectivity index (χ0) is 15.9. The molecule has 6 heteroatoms. The van der Waals surface area contributed by atoms with Crippen LogP contribution in [0.3, 0.4) is 0 Å². The third kappa shape index (κ3) is 3.47. The first-order chi connectivity index (χ1) is 11.1. The molecule has 1 unspecified atom stereocenters. The van der Waals surface area contributed by atoms with E-state index in [4.69, 9.17) is 26.1 Å². The van der Waals surface area contributed by atoms with Crippen molar-refractivity contribution in [1.29, 1.82) is 0 Å². The summed E-state index contributed by atoms with van der Waals surface area (Å²) < 4.78 is 11.5. The van der Waals surface area contributed by atoms with E-state index in [9.17, 15) is 0 Å². The Kier molecular flexibility index (Phi) is 4.20. The van der Waals surface area contributed by atoms with Crippen LogP contribution in [-0.2, 0) is 14.9 Å². The lowest BCUT2D eigenvalue weighted by Gasteiger charge is -2.34. The van der Waals surface area contributed by atoms with Gasteiger partial charge in [0.1, 0.15) is 16.8 Å². The number of anilines is 1. The first-order valence-electron chi connectivity index (χ1n) is 8.66. The van der Waals surface area contributed by atoms with Crippen molar-refractivity contribution in [3.05, 3.63) is 17.0 Å². The molecule has 3 aliphatic rings. The van der Waals surface area contributed by atoms with Gasteiger partial charge in [-0.15, -0.1) is 0 Å². The van der Waals surface area contributed by atoms with Crippen molar-refractivity contribution < 1.29 is 9.47 Å². The fraction of sp³-hybridized carbons (Fsp3) is 0.765. The maximum absolute atomic E-state index is 6.23. The molecule has 0 aromatic carbocycles. The molecule has 23 heavy (non-hydrogen) atoms. The number of nitrogens with zero attached hydrogens (tertiary/aromatic N) is 3. The van der Waals surface area contributed by atoms with E-state index in [1.54, 1.807) is 0 Å². The van der Waals surface area contributed by atoms with Gasteiger partial charge >= 0.3 is 0 Å². The van der Waals surface area contributed by atoms with Crippen LogP contribution < -0.4 is 4.90 Å². The molecule has 2 saturated heterocycles. The van der Waals surface area contributed by atoms with E-state index in [2.05, 4.69) is 16.8 Å². The average molecular weight is 338 g/mol. The number of aromatic nitrogens is 2. The van der Waals surface area contributed by atoms with E-state index in [1.807, 2.05) is 6.07 Å². The second-order valence-corrected chi connectivity index (χ2v) is 7.63. The molecule has 3 heterocycles. The molecule has 0 amide bonds. The van der Waals surface area contributed by atoms with E-state index in [1.165, 1.54) is 0 Å². The number of halogens is 1. The molecule has 1 aromatic heterocycles. The molecule has 4 rings (SSSR count). The molecular formula is C17H24ClN3O2. The number of ether oxygens (including phenoxy) is 2. The lowest BCUT2D eigenvalue weighted by molar-refractivity contribution is -0.0261. The van der Waals surface area contributed by atoms with Crippen molar-refractivity contribution in [3.8, 4) is 0 Å². The summed E-state index contributed by atoms with van der Waals surface area (Å²) in [7, 11) is 0. The van der Waals surface area contributed by atoms with Crippen LogP contribution in [0.2, 0.25) is 5.15 Å². The van der Waals surface area contributed by atoms with Gasteiger partial charge in [0.15, 0.2) is 0 Å². The van der Waals surface area contributed by atoms with Gasteiger partial charge in [-0.25, -0.2) is 9.97 Å². The van der Waals surface area contributed by atoms with Crippen molar-refractivity contribution in [2.75, 3.05) is 31.2 Å². The predicted octanol–water partition coefficient (Wildman–Crippen LogP) is 2.96. The highest BCUT2D eigenvalue weighted by molar-refractivity contribution is 6.29. The Morgan fingerprint density at radius 1 is 1.22 bits per heavy atom. The van der Waals surface area contributed by atoms with Gasteiger partial charge in [0.2, 0.25) is 0 Å². The second kappa shape index (κ2) is 6.19. The Balaban J connectivity index is 1.39. The maximum Gasteiger partial charge on any atom is 0.138 e. The molecule has 1 atom stereocenters. The molecule has 0 N–H and O–H groups in total. The van der Waals surface area contributed by atoms with Crippen molar-refractivity contribution in [3.63, 3.8) is 0 Å². The Bertz CT molecular complexity index is 565. The third-order valence-electron chi connectivity index (χ3n) is 5.26. The summed E-state index contributed by atoms with van der Waals surface area (Å²) in [5.74, 6) is 1.87. The van der Waals surface area contributed by atoms with Crippen molar-refractivity contribution in [2.24, 2.45) is 0 Å². The van der Waals surface area contributed by atoms with Crippen LogP contribution in [0.1, 0.15) is 44.9 Å². The summed E-state index contributed by atoms with van der Waals surface area (Å²) in [6.45, 7) is 5.73. The summed E-state index contributed by atoms with van der Waals surface area (Å²) in [6, 6.07) is 1.89. The first kappa shape index (κ1) is 15.6. The van der Waals surface area contributed by atoms with Crippen LogP contribution in [0.15, 0.2) is 6.07 Å². The average Bonchev–Trinajstić information content (AvgIpc) is 3.09. The molecule has 5 nitrogen and oxygen atoms in total. The Morgan fingerprint density at radius 2 is 2.00 bits per heavy atom. The molecule has 2 aliphatic heterocycles. The topological polar surface area (TPSA) is 47.5 Å². The number of hydrogen-bond donors (Lipinski definition) is 0.